The second kappa shape index (κ2) is 7.26. The van der Waals surface area contributed by atoms with E-state index >= 15 is 0 Å². The van der Waals surface area contributed by atoms with E-state index in [0.29, 0.717) is 11.3 Å². The van der Waals surface area contributed by atoms with E-state index in [4.69, 9.17) is 0 Å². The van der Waals surface area contributed by atoms with Gasteiger partial charge in [0.25, 0.3) is 0 Å². The van der Waals surface area contributed by atoms with Crippen LogP contribution < -0.4 is 5.32 Å². The maximum absolute atomic E-state index is 12.7. The van der Waals surface area contributed by atoms with Crippen LogP contribution in [0.4, 0.5) is 18.9 Å². The number of ketones is 1. The quantitative estimate of drug-likeness (QED) is 0.644. The van der Waals surface area contributed by atoms with Gasteiger partial charge in [0.1, 0.15) is 0 Å². The Bertz CT molecular complexity index is 804. The lowest BCUT2D eigenvalue weighted by Crippen LogP contribution is -2.24. The third kappa shape index (κ3) is 4.38. The Balaban J connectivity index is 2.12. The molecule has 134 valence electrons. The summed E-state index contributed by atoms with van der Waals surface area (Å²) in [5.41, 5.74) is 0.701. The average Bonchev–Trinajstić information content (AvgIpc) is 2.88. The van der Waals surface area contributed by atoms with Crippen molar-refractivity contribution in [2.24, 2.45) is 7.05 Å². The fraction of sp³-hybridized carbons (Fsp3) is 0.333. The molecule has 25 heavy (non-hydrogen) atoms. The van der Waals surface area contributed by atoms with Crippen LogP contribution in [0.3, 0.4) is 0 Å². The van der Waals surface area contributed by atoms with Gasteiger partial charge < -0.3 is 9.88 Å². The number of thioether (sulfide) groups is 1. The number of hydrogen-bond donors (Lipinski definition) is 1. The van der Waals surface area contributed by atoms with E-state index in [1.54, 1.807) is 24.3 Å². The van der Waals surface area contributed by atoms with Crippen LogP contribution in [-0.4, -0.2) is 31.7 Å². The van der Waals surface area contributed by atoms with Gasteiger partial charge in [0.05, 0.1) is 10.9 Å². The first-order valence-electron chi connectivity index (χ1n) is 7.15. The SMILES string of the molecule is CC(=O)c1ccccc1NC(=O)[C@@H](C)Sc1nnc(C(F)(F)F)n1C. The lowest BCUT2D eigenvalue weighted by Gasteiger charge is -2.13. The van der Waals surface area contributed by atoms with Gasteiger partial charge in [-0.05, 0) is 26.0 Å². The predicted octanol–water partition coefficient (Wildman–Crippen LogP) is 3.16. The number of hydrogen-bond acceptors (Lipinski definition) is 5. The Kier molecular flexibility index (Phi) is 5.51. The summed E-state index contributed by atoms with van der Waals surface area (Å²) in [5.74, 6) is -1.81. The molecule has 2 aromatic rings. The minimum Gasteiger partial charge on any atom is -0.324 e. The summed E-state index contributed by atoms with van der Waals surface area (Å²) >= 11 is 0.841. The standard InChI is InChI=1S/C15H15F3N4O2S/c1-8(23)10-6-4-5-7-11(10)19-12(24)9(2)25-14-21-20-13(22(14)3)15(16,17)18/h4-7,9H,1-3H3,(H,19,24)/t9-/m1/s1. The van der Waals surface area contributed by atoms with Gasteiger partial charge in [-0.25, -0.2) is 0 Å². The largest absolute Gasteiger partial charge is 0.451 e. The van der Waals surface area contributed by atoms with Gasteiger partial charge in [0, 0.05) is 12.6 Å². The molecule has 1 amide bonds. The van der Waals surface area contributed by atoms with Crippen molar-refractivity contribution in [3.63, 3.8) is 0 Å². The first-order valence-corrected chi connectivity index (χ1v) is 8.03. The molecule has 0 radical (unpaired) electrons. The summed E-state index contributed by atoms with van der Waals surface area (Å²) in [4.78, 5) is 23.8. The van der Waals surface area contributed by atoms with Crippen LogP contribution in [0.2, 0.25) is 0 Å². The topological polar surface area (TPSA) is 76.9 Å². The third-order valence-electron chi connectivity index (χ3n) is 3.30. The fourth-order valence-corrected chi connectivity index (χ4v) is 2.82. The molecule has 10 heteroatoms. The molecule has 0 saturated carbocycles. The molecule has 1 aromatic carbocycles. The second-order valence-corrected chi connectivity index (χ2v) is 6.52. The summed E-state index contributed by atoms with van der Waals surface area (Å²) in [6, 6.07) is 6.49. The molecule has 2 rings (SSSR count). The van der Waals surface area contributed by atoms with Crippen LogP contribution in [0.1, 0.15) is 30.0 Å². The first-order chi connectivity index (χ1) is 11.6. The molecule has 0 fully saturated rings. The number of benzene rings is 1. The van der Waals surface area contributed by atoms with Crippen molar-refractivity contribution in [1.82, 2.24) is 14.8 Å². The summed E-state index contributed by atoms with van der Waals surface area (Å²) in [7, 11) is 1.18. The van der Waals surface area contributed by atoms with Crippen molar-refractivity contribution in [3.8, 4) is 0 Å². The number of amides is 1. The van der Waals surface area contributed by atoms with E-state index in [0.717, 1.165) is 16.3 Å². The van der Waals surface area contributed by atoms with Crippen LogP contribution >= 0.6 is 11.8 Å². The Morgan fingerprint density at radius 3 is 2.44 bits per heavy atom. The zero-order valence-corrected chi connectivity index (χ0v) is 14.4. The highest BCUT2D eigenvalue weighted by molar-refractivity contribution is 8.00. The fourth-order valence-electron chi connectivity index (χ4n) is 2.01. The highest BCUT2D eigenvalue weighted by atomic mass is 32.2. The van der Waals surface area contributed by atoms with E-state index < -0.39 is 23.2 Å². The molecule has 0 aliphatic carbocycles. The molecule has 6 nitrogen and oxygen atoms in total. The average molecular weight is 372 g/mol. The van der Waals surface area contributed by atoms with Crippen molar-refractivity contribution >= 4 is 29.1 Å². The number of Topliss-reactive ketones (excluding diaryl/α,β-unsaturated/α-hetero) is 1. The molecule has 0 bridgehead atoms. The van der Waals surface area contributed by atoms with Crippen LogP contribution in [0.5, 0.6) is 0 Å². The number of rotatable bonds is 5. The number of nitrogens with zero attached hydrogens (tertiary/aromatic N) is 3. The number of halogens is 3. The van der Waals surface area contributed by atoms with Crippen molar-refractivity contribution in [2.75, 3.05) is 5.32 Å². The van der Waals surface area contributed by atoms with Crippen molar-refractivity contribution in [3.05, 3.63) is 35.7 Å². The zero-order chi connectivity index (χ0) is 18.8. The van der Waals surface area contributed by atoms with E-state index in [1.165, 1.54) is 20.9 Å². The van der Waals surface area contributed by atoms with Crippen molar-refractivity contribution in [1.29, 1.82) is 0 Å². The maximum atomic E-state index is 12.7. The number of carbonyl (C=O) groups is 2. The molecule has 1 aromatic heterocycles. The number of nitrogens with one attached hydrogen (secondary N) is 1. The number of carbonyl (C=O) groups excluding carboxylic acids is 2. The Morgan fingerprint density at radius 1 is 1.24 bits per heavy atom. The first kappa shape index (κ1) is 19.0. The molecular formula is C15H15F3N4O2S. The van der Waals surface area contributed by atoms with Gasteiger partial charge in [-0.15, -0.1) is 10.2 Å². The van der Waals surface area contributed by atoms with E-state index in [9.17, 15) is 22.8 Å². The lowest BCUT2D eigenvalue weighted by molar-refractivity contribution is -0.147. The molecule has 1 heterocycles. The molecular weight excluding hydrogens is 357 g/mol. The van der Waals surface area contributed by atoms with E-state index in [-0.39, 0.29) is 10.9 Å². The van der Waals surface area contributed by atoms with Crippen molar-refractivity contribution < 1.29 is 22.8 Å². The highest BCUT2D eigenvalue weighted by Crippen LogP contribution is 2.31. The van der Waals surface area contributed by atoms with Crippen molar-refractivity contribution in [2.45, 2.75) is 30.4 Å². The smallest absolute Gasteiger partial charge is 0.324 e. The van der Waals surface area contributed by atoms with Gasteiger partial charge in [-0.2, -0.15) is 13.2 Å². The minimum absolute atomic E-state index is 0.0326. The van der Waals surface area contributed by atoms with Gasteiger partial charge in [0.2, 0.25) is 11.7 Å². The Labute approximate surface area is 145 Å². The zero-order valence-electron chi connectivity index (χ0n) is 13.6. The highest BCUT2D eigenvalue weighted by Gasteiger charge is 2.37. The number of anilines is 1. The molecule has 0 unspecified atom stereocenters. The number of aromatic nitrogens is 3. The predicted molar refractivity (Wildman–Crippen MR) is 86.4 cm³/mol. The van der Waals surface area contributed by atoms with Crippen LogP contribution in [0, 0.1) is 0 Å². The minimum atomic E-state index is -4.62. The van der Waals surface area contributed by atoms with Crippen LogP contribution in [0.15, 0.2) is 29.4 Å². The van der Waals surface area contributed by atoms with Crippen LogP contribution in [0.25, 0.3) is 0 Å². The normalized spacial score (nSPS) is 12.7. The lowest BCUT2D eigenvalue weighted by atomic mass is 10.1. The van der Waals surface area contributed by atoms with Gasteiger partial charge >= 0.3 is 6.18 Å². The molecule has 0 aliphatic rings. The summed E-state index contributed by atoms with van der Waals surface area (Å²) < 4.78 is 39.0. The number of alkyl halides is 3. The summed E-state index contributed by atoms with van der Waals surface area (Å²) in [6.45, 7) is 2.90. The van der Waals surface area contributed by atoms with Crippen LogP contribution in [-0.2, 0) is 18.0 Å². The number of para-hydroxylation sites is 1. The van der Waals surface area contributed by atoms with Gasteiger partial charge in [-0.1, -0.05) is 23.9 Å². The molecule has 1 N–H and O–H groups in total. The maximum Gasteiger partial charge on any atom is 0.451 e. The van der Waals surface area contributed by atoms with Gasteiger partial charge in [0.15, 0.2) is 10.9 Å². The Morgan fingerprint density at radius 2 is 1.88 bits per heavy atom. The third-order valence-corrected chi connectivity index (χ3v) is 4.44. The molecule has 0 aliphatic heterocycles. The molecule has 1 atom stereocenters. The monoisotopic (exact) mass is 372 g/mol. The summed E-state index contributed by atoms with van der Waals surface area (Å²) in [5, 5.41) is 8.42. The van der Waals surface area contributed by atoms with E-state index in [1.807, 2.05) is 0 Å². The molecule has 0 saturated heterocycles. The Hall–Kier alpha value is -2.36. The summed E-state index contributed by atoms with van der Waals surface area (Å²) in [6.07, 6.45) is -4.62. The second-order valence-electron chi connectivity index (χ2n) is 5.21. The van der Waals surface area contributed by atoms with Gasteiger partial charge in [-0.3, -0.25) is 9.59 Å². The molecule has 0 spiro atoms. The van der Waals surface area contributed by atoms with E-state index in [2.05, 4.69) is 15.5 Å².